The molecule has 0 saturated heterocycles. The van der Waals surface area contributed by atoms with Crippen molar-refractivity contribution in [1.29, 1.82) is 0 Å². The summed E-state index contributed by atoms with van der Waals surface area (Å²) < 4.78 is 0. The Balaban J connectivity index is -0.00000000755. The Morgan fingerprint density at radius 2 is 0.700 bits per heavy atom. The molecule has 0 N–H and O–H groups in total. The van der Waals surface area contributed by atoms with Gasteiger partial charge in [0.2, 0.25) is 0 Å². The molecule has 2 atom stereocenters. The Bertz CT molecular complexity index is 57.5. The van der Waals surface area contributed by atoms with Gasteiger partial charge in [-0.1, -0.05) is 27.7 Å². The summed E-state index contributed by atoms with van der Waals surface area (Å²) in [6.07, 6.45) is 0. The minimum atomic E-state index is -0.556. The average Bonchev–Trinajstić information content (AvgIpc) is 2.09. The van der Waals surface area contributed by atoms with Gasteiger partial charge in [0.25, 0.3) is 0 Å². The summed E-state index contributed by atoms with van der Waals surface area (Å²) in [6, 6.07) is 0. The fourth-order valence-electron chi connectivity index (χ4n) is 0. The van der Waals surface area contributed by atoms with Crippen molar-refractivity contribution in [1.82, 2.24) is 0 Å². The minimum absolute atomic E-state index is 0. The van der Waals surface area contributed by atoms with Crippen molar-refractivity contribution in [2.24, 2.45) is 0 Å². The SMILES string of the molecule is CC(C)P.CC(C)P.[CH2-]C.[CH2-]C.[Cl][Ti][Cl].[Ti+2].[Ti].[Ti].[Ti].[Ti]. The topological polar surface area (TPSA) is 0 Å². The molecular formula is C10H28Cl2P2Ti6. The van der Waals surface area contributed by atoms with E-state index in [1.165, 1.54) is 0 Å². The van der Waals surface area contributed by atoms with E-state index in [4.69, 9.17) is 18.6 Å². The van der Waals surface area contributed by atoms with Crippen LogP contribution in [0.15, 0.2) is 0 Å². The molecule has 0 saturated carbocycles. The Kier molecular flexibility index (Phi) is 273. The number of halogens is 2. The summed E-state index contributed by atoms with van der Waals surface area (Å²) in [5, 5.41) is 0. The molecule has 0 aliphatic carbocycles. The van der Waals surface area contributed by atoms with E-state index >= 15 is 0 Å². The average molecular weight is 568 g/mol. The summed E-state index contributed by atoms with van der Waals surface area (Å²) in [7, 11) is 15.1. The van der Waals surface area contributed by atoms with Gasteiger partial charge >= 0.3 is 57.4 Å². The molecule has 0 radical (unpaired) electrons. The van der Waals surface area contributed by atoms with E-state index in [2.05, 4.69) is 60.0 Å². The molecule has 0 aromatic carbocycles. The summed E-state index contributed by atoms with van der Waals surface area (Å²) >= 11 is -0.556. The quantitative estimate of drug-likeness (QED) is 0.203. The van der Waals surface area contributed by atoms with E-state index in [9.17, 15) is 0 Å². The molecule has 0 spiro atoms. The first-order valence-electron chi connectivity index (χ1n) is 4.77. The molecule has 0 amide bonds. The van der Waals surface area contributed by atoms with Crippen molar-refractivity contribution in [3.05, 3.63) is 13.8 Å². The Labute approximate surface area is 225 Å². The maximum atomic E-state index is 4.89. The van der Waals surface area contributed by atoms with Gasteiger partial charge in [0, 0.05) is 86.9 Å². The van der Waals surface area contributed by atoms with Gasteiger partial charge in [-0.15, -0.1) is 18.5 Å². The van der Waals surface area contributed by atoms with Crippen LogP contribution in [0.4, 0.5) is 0 Å². The standard InChI is InChI=1S/2C3H9P.2C2H5.2ClH.6Ti/c2*1-3(2)4;2*1-2;;;;;;;;/h2*3H,4H2,1-2H3;2*1H2,2H3;2*1H;;;;;;/q;;2*-1;;;;;;;2*+2/p-2. The van der Waals surface area contributed by atoms with Gasteiger partial charge < -0.3 is 13.8 Å². The molecule has 0 aromatic heterocycles. The van der Waals surface area contributed by atoms with Crippen LogP contribution in [0.5, 0.6) is 0 Å². The molecule has 0 bridgehead atoms. The van der Waals surface area contributed by atoms with Crippen LogP contribution < -0.4 is 0 Å². The first-order chi connectivity index (χ1) is 6.88. The largest absolute Gasteiger partial charge is 2.00 e. The van der Waals surface area contributed by atoms with Crippen LogP contribution in [0.1, 0.15) is 41.5 Å². The molecule has 0 heterocycles. The fraction of sp³-hybridized carbons (Fsp3) is 0.800. The van der Waals surface area contributed by atoms with Gasteiger partial charge in [0.15, 0.2) is 0 Å². The van der Waals surface area contributed by atoms with Crippen LogP contribution in [0.2, 0.25) is 0 Å². The summed E-state index contributed by atoms with van der Waals surface area (Å²) in [5.41, 5.74) is 1.50. The molecular weight excluding hydrogens is 540 g/mol. The zero-order chi connectivity index (χ0) is 13.9. The van der Waals surface area contributed by atoms with E-state index in [-0.39, 0.29) is 109 Å². The first-order valence-corrected chi connectivity index (χ1v) is 10.4. The van der Waals surface area contributed by atoms with Crippen molar-refractivity contribution in [3.63, 3.8) is 0 Å². The van der Waals surface area contributed by atoms with Gasteiger partial charge in [-0.25, -0.2) is 0 Å². The van der Waals surface area contributed by atoms with E-state index in [0.29, 0.717) is 0 Å². The van der Waals surface area contributed by atoms with Crippen LogP contribution in [-0.4, -0.2) is 11.3 Å². The Morgan fingerprint density at radius 3 is 0.700 bits per heavy atom. The minimum Gasteiger partial charge on any atom is 0 e. The van der Waals surface area contributed by atoms with E-state index in [1.54, 1.807) is 13.8 Å². The fourth-order valence-corrected chi connectivity index (χ4v) is 0. The van der Waals surface area contributed by atoms with E-state index < -0.39 is 17.0 Å². The van der Waals surface area contributed by atoms with Crippen LogP contribution in [0.3, 0.4) is 0 Å². The van der Waals surface area contributed by atoms with E-state index in [1.807, 2.05) is 0 Å². The molecule has 116 valence electrons. The summed E-state index contributed by atoms with van der Waals surface area (Å²) in [5.74, 6) is 0. The summed E-state index contributed by atoms with van der Waals surface area (Å²) in [6.45, 7) is 18.5. The molecule has 0 fully saturated rings. The second-order valence-corrected chi connectivity index (χ2v) is 7.81. The molecule has 0 nitrogen and oxygen atoms in total. The molecule has 0 aliphatic heterocycles. The predicted octanol–water partition coefficient (Wildman–Crippen LogP) is 5.58. The number of hydrogen-bond acceptors (Lipinski definition) is 0. The molecule has 2 unspecified atom stereocenters. The first kappa shape index (κ1) is 63.6. The third kappa shape index (κ3) is 374. The molecule has 0 aromatic rings. The van der Waals surface area contributed by atoms with Crippen molar-refractivity contribution in [3.8, 4) is 0 Å². The van der Waals surface area contributed by atoms with Crippen molar-refractivity contribution in [2.45, 2.75) is 52.9 Å². The van der Waals surface area contributed by atoms with Crippen LogP contribution in [-0.2, 0) is 126 Å². The zero-order valence-electron chi connectivity index (χ0n) is 13.5. The normalized spacial score (nSPS) is 4.90. The second kappa shape index (κ2) is 85.9. The third-order valence-corrected chi connectivity index (χ3v) is 0. The van der Waals surface area contributed by atoms with Crippen molar-refractivity contribution < 1.29 is 126 Å². The van der Waals surface area contributed by atoms with Gasteiger partial charge in [0.1, 0.15) is 0 Å². The van der Waals surface area contributed by atoms with Gasteiger partial charge in [-0.05, 0) is 11.3 Å². The second-order valence-electron chi connectivity index (χ2n) is 2.56. The molecule has 0 aliphatic rings. The van der Waals surface area contributed by atoms with Crippen LogP contribution in [0.25, 0.3) is 0 Å². The van der Waals surface area contributed by atoms with Gasteiger partial charge in [-0.3, -0.25) is 0 Å². The van der Waals surface area contributed by atoms with Gasteiger partial charge in [0.05, 0.1) is 0 Å². The molecule has 0 rings (SSSR count). The Morgan fingerprint density at radius 1 is 0.700 bits per heavy atom. The third-order valence-electron chi connectivity index (χ3n) is 0. The van der Waals surface area contributed by atoms with Crippen molar-refractivity contribution >= 4 is 37.1 Å². The number of hydrogen-bond donors (Lipinski definition) is 0. The van der Waals surface area contributed by atoms with E-state index in [0.717, 1.165) is 11.3 Å². The monoisotopic (exact) mass is 568 g/mol. The van der Waals surface area contributed by atoms with Gasteiger partial charge in [-0.2, -0.15) is 13.8 Å². The zero-order valence-corrected chi connectivity index (χ0v) is 26.7. The maximum absolute atomic E-state index is 4.89. The smallest absolute Gasteiger partial charge is 0 e. The molecule has 20 heavy (non-hydrogen) atoms. The predicted molar refractivity (Wildman–Crippen MR) is 83.5 cm³/mol. The van der Waals surface area contributed by atoms with Crippen molar-refractivity contribution in [2.75, 3.05) is 0 Å². The molecule has 10 heteroatoms. The number of rotatable bonds is 0. The van der Waals surface area contributed by atoms with Crippen LogP contribution in [0, 0.1) is 13.8 Å². The van der Waals surface area contributed by atoms with Crippen LogP contribution >= 0.6 is 37.1 Å². The summed E-state index contributed by atoms with van der Waals surface area (Å²) in [4.78, 5) is 0. The Hall–Kier alpha value is 5.73. The maximum Gasteiger partial charge on any atom is 2.00 e.